The molecule has 1 rings (SSSR count). The van der Waals surface area contributed by atoms with E-state index in [0.717, 1.165) is 19.4 Å². The fourth-order valence-electron chi connectivity index (χ4n) is 1.30. The van der Waals surface area contributed by atoms with Gasteiger partial charge in [0.2, 0.25) is 5.91 Å². The number of rotatable bonds is 1. The Labute approximate surface area is 80.6 Å². The summed E-state index contributed by atoms with van der Waals surface area (Å²) >= 11 is 0. The quantitative estimate of drug-likeness (QED) is 0.609. The molecule has 1 amide bonds. The third-order valence-electron chi connectivity index (χ3n) is 2.11. The number of amides is 1. The molecule has 0 atom stereocenters. The molecule has 13 heavy (non-hydrogen) atoms. The molecule has 0 radical (unpaired) electrons. The number of allylic oxidation sites excluding steroid dienone is 1. The van der Waals surface area contributed by atoms with Crippen molar-refractivity contribution in [2.75, 3.05) is 6.54 Å². The van der Waals surface area contributed by atoms with Gasteiger partial charge >= 0.3 is 0 Å². The average molecular weight is 181 g/mol. The topological polar surface area (TPSA) is 20.3 Å². The van der Waals surface area contributed by atoms with E-state index in [4.69, 9.17) is 0 Å². The Hall–Kier alpha value is -0.790. The molecular weight excluding hydrogens is 162 g/mol. The third kappa shape index (κ3) is 3.62. The number of piperidine rings is 1. The zero-order valence-electron chi connectivity index (χ0n) is 8.84. The summed E-state index contributed by atoms with van der Waals surface area (Å²) < 4.78 is 0. The maximum Gasteiger partial charge on any atom is 0.226 e. The number of likely N-dealkylation sites (tertiary alicyclic amines) is 1. The van der Waals surface area contributed by atoms with Crippen LogP contribution in [0.3, 0.4) is 0 Å². The van der Waals surface area contributed by atoms with Gasteiger partial charge in [0.15, 0.2) is 0 Å². The van der Waals surface area contributed by atoms with Crippen LogP contribution in [-0.4, -0.2) is 17.4 Å². The van der Waals surface area contributed by atoms with E-state index >= 15 is 0 Å². The summed E-state index contributed by atoms with van der Waals surface area (Å²) in [5.74, 6) is 0.270. The molecule has 74 valence electrons. The first-order valence-electron chi connectivity index (χ1n) is 4.98. The minimum absolute atomic E-state index is 0.164. The van der Waals surface area contributed by atoms with Crippen molar-refractivity contribution in [3.8, 4) is 0 Å². The largest absolute Gasteiger partial charge is 0.319 e. The molecule has 0 aromatic heterocycles. The van der Waals surface area contributed by atoms with Gasteiger partial charge < -0.3 is 4.90 Å². The molecule has 0 bridgehead atoms. The van der Waals surface area contributed by atoms with Crippen LogP contribution in [0.1, 0.15) is 40.0 Å². The lowest BCUT2D eigenvalue weighted by Gasteiger charge is -2.24. The summed E-state index contributed by atoms with van der Waals surface area (Å²) in [4.78, 5) is 13.2. The van der Waals surface area contributed by atoms with Gasteiger partial charge in [0, 0.05) is 19.2 Å². The van der Waals surface area contributed by atoms with E-state index in [-0.39, 0.29) is 11.3 Å². The van der Waals surface area contributed by atoms with Crippen molar-refractivity contribution in [3.05, 3.63) is 12.3 Å². The van der Waals surface area contributed by atoms with Gasteiger partial charge in [-0.15, -0.1) is 0 Å². The molecule has 1 saturated heterocycles. The number of nitrogens with zero attached hydrogens (tertiary/aromatic N) is 1. The molecule has 1 fully saturated rings. The number of carbonyl (C=O) groups excluding carboxylic acids is 1. The van der Waals surface area contributed by atoms with E-state index in [1.54, 1.807) is 0 Å². The SMILES string of the molecule is CC(C)(C)/C=C/N1CCCCC1=O. The van der Waals surface area contributed by atoms with Crippen LogP contribution in [0, 0.1) is 5.41 Å². The van der Waals surface area contributed by atoms with Gasteiger partial charge in [-0.25, -0.2) is 0 Å². The van der Waals surface area contributed by atoms with E-state index in [2.05, 4.69) is 26.8 Å². The predicted octanol–water partition coefficient (Wildman–Crippen LogP) is 2.56. The van der Waals surface area contributed by atoms with Crippen LogP contribution >= 0.6 is 0 Å². The first-order valence-corrected chi connectivity index (χ1v) is 4.98. The minimum atomic E-state index is 0.164. The maximum atomic E-state index is 11.4. The average Bonchev–Trinajstić information content (AvgIpc) is 2.01. The molecule has 0 aliphatic carbocycles. The van der Waals surface area contributed by atoms with Crippen molar-refractivity contribution in [3.63, 3.8) is 0 Å². The second-order valence-electron chi connectivity index (χ2n) is 4.73. The summed E-state index contributed by atoms with van der Waals surface area (Å²) in [6.45, 7) is 7.30. The lowest BCUT2D eigenvalue weighted by Crippen LogP contribution is -2.30. The van der Waals surface area contributed by atoms with Gasteiger partial charge in [-0.3, -0.25) is 4.79 Å². The van der Waals surface area contributed by atoms with E-state index in [1.165, 1.54) is 0 Å². The molecule has 2 heteroatoms. The molecule has 0 spiro atoms. The Bertz CT molecular complexity index is 213. The van der Waals surface area contributed by atoms with Crippen LogP contribution in [0.15, 0.2) is 12.3 Å². The summed E-state index contributed by atoms with van der Waals surface area (Å²) in [5.41, 5.74) is 0.164. The van der Waals surface area contributed by atoms with Crippen LogP contribution in [0.2, 0.25) is 0 Å². The highest BCUT2D eigenvalue weighted by atomic mass is 16.2. The first-order chi connectivity index (χ1) is 5.99. The van der Waals surface area contributed by atoms with Gasteiger partial charge in [-0.2, -0.15) is 0 Å². The molecule has 1 aliphatic heterocycles. The van der Waals surface area contributed by atoms with E-state index in [0.29, 0.717) is 6.42 Å². The molecular formula is C11H19NO. The highest BCUT2D eigenvalue weighted by Crippen LogP contribution is 2.17. The Morgan fingerprint density at radius 1 is 1.31 bits per heavy atom. The van der Waals surface area contributed by atoms with Crippen molar-refractivity contribution in [1.82, 2.24) is 4.90 Å². The normalized spacial score (nSPS) is 19.9. The van der Waals surface area contributed by atoms with Gasteiger partial charge in [0.1, 0.15) is 0 Å². The van der Waals surface area contributed by atoms with Gasteiger partial charge in [-0.05, 0) is 18.3 Å². The summed E-state index contributed by atoms with van der Waals surface area (Å²) in [7, 11) is 0. The fourth-order valence-corrected chi connectivity index (χ4v) is 1.30. The molecule has 0 aromatic rings. The molecule has 0 saturated carbocycles. The van der Waals surface area contributed by atoms with Crippen LogP contribution in [-0.2, 0) is 4.79 Å². The number of hydrogen-bond donors (Lipinski definition) is 0. The van der Waals surface area contributed by atoms with Crippen molar-refractivity contribution >= 4 is 5.91 Å². The van der Waals surface area contributed by atoms with Gasteiger partial charge in [-0.1, -0.05) is 26.8 Å². The second kappa shape index (κ2) is 3.95. The third-order valence-corrected chi connectivity index (χ3v) is 2.11. The van der Waals surface area contributed by atoms with Crippen LogP contribution in [0.4, 0.5) is 0 Å². The second-order valence-corrected chi connectivity index (χ2v) is 4.73. The van der Waals surface area contributed by atoms with Crippen molar-refractivity contribution in [2.24, 2.45) is 5.41 Å². The van der Waals surface area contributed by atoms with E-state index in [1.807, 2.05) is 11.1 Å². The molecule has 1 heterocycles. The zero-order chi connectivity index (χ0) is 9.90. The number of hydrogen-bond acceptors (Lipinski definition) is 1. The maximum absolute atomic E-state index is 11.4. The summed E-state index contributed by atoms with van der Waals surface area (Å²) in [6, 6.07) is 0. The standard InChI is InChI=1S/C11H19NO/c1-11(2,3)7-9-12-8-5-4-6-10(12)13/h7,9H,4-6,8H2,1-3H3/b9-7+. The summed E-state index contributed by atoms with van der Waals surface area (Å²) in [5, 5.41) is 0. The molecule has 0 unspecified atom stereocenters. The van der Waals surface area contributed by atoms with E-state index < -0.39 is 0 Å². The fraction of sp³-hybridized carbons (Fsp3) is 0.727. The highest BCUT2D eigenvalue weighted by Gasteiger charge is 2.16. The minimum Gasteiger partial charge on any atom is -0.319 e. The molecule has 2 nitrogen and oxygen atoms in total. The van der Waals surface area contributed by atoms with Crippen LogP contribution in [0.25, 0.3) is 0 Å². The molecule has 0 aromatic carbocycles. The Morgan fingerprint density at radius 3 is 2.54 bits per heavy atom. The molecule has 0 N–H and O–H groups in total. The van der Waals surface area contributed by atoms with E-state index in [9.17, 15) is 4.79 Å². The first kappa shape index (κ1) is 10.3. The lowest BCUT2D eigenvalue weighted by molar-refractivity contribution is -0.130. The monoisotopic (exact) mass is 181 g/mol. The van der Waals surface area contributed by atoms with Gasteiger partial charge in [0.25, 0.3) is 0 Å². The smallest absolute Gasteiger partial charge is 0.226 e. The highest BCUT2D eigenvalue weighted by molar-refractivity contribution is 5.77. The Balaban J connectivity index is 2.52. The van der Waals surface area contributed by atoms with Crippen LogP contribution < -0.4 is 0 Å². The van der Waals surface area contributed by atoms with Crippen molar-refractivity contribution in [2.45, 2.75) is 40.0 Å². The predicted molar refractivity (Wildman–Crippen MR) is 54.2 cm³/mol. The zero-order valence-corrected chi connectivity index (χ0v) is 8.84. The number of carbonyl (C=O) groups is 1. The summed E-state index contributed by atoms with van der Waals surface area (Å²) in [6.07, 6.45) is 6.95. The molecule has 1 aliphatic rings. The Morgan fingerprint density at radius 2 is 2.00 bits per heavy atom. The lowest BCUT2D eigenvalue weighted by atomic mass is 9.97. The van der Waals surface area contributed by atoms with Gasteiger partial charge in [0.05, 0.1) is 0 Å². The van der Waals surface area contributed by atoms with Crippen molar-refractivity contribution in [1.29, 1.82) is 0 Å². The van der Waals surface area contributed by atoms with Crippen molar-refractivity contribution < 1.29 is 4.79 Å². The Kier molecular flexibility index (Phi) is 3.12. The van der Waals surface area contributed by atoms with Crippen LogP contribution in [0.5, 0.6) is 0 Å².